The Balaban J connectivity index is 1.60. The maximum Gasteiger partial charge on any atom is 0.421 e. The first-order valence-corrected chi connectivity index (χ1v) is 9.59. The largest absolute Gasteiger partial charge is 0.421 e. The molecule has 0 aromatic carbocycles. The summed E-state index contributed by atoms with van der Waals surface area (Å²) in [5.41, 5.74) is 1.36. The van der Waals surface area contributed by atoms with Crippen molar-refractivity contribution in [1.29, 1.82) is 0 Å². The molecule has 1 aliphatic rings. The lowest BCUT2D eigenvalue weighted by Gasteiger charge is -2.25. The fraction of sp³-hybridized carbons (Fsp3) is 0.318. The van der Waals surface area contributed by atoms with Crippen molar-refractivity contribution >= 4 is 17.9 Å². The summed E-state index contributed by atoms with van der Waals surface area (Å²) in [6, 6.07) is 4.88. The molecule has 2 aromatic rings. The molecule has 30 heavy (non-hydrogen) atoms. The Morgan fingerprint density at radius 1 is 1.37 bits per heavy atom. The van der Waals surface area contributed by atoms with Crippen LogP contribution in [0.2, 0.25) is 0 Å². The lowest BCUT2D eigenvalue weighted by atomic mass is 10.0. The summed E-state index contributed by atoms with van der Waals surface area (Å²) < 4.78 is 38.9. The van der Waals surface area contributed by atoms with Gasteiger partial charge in [-0.25, -0.2) is 0 Å². The Kier molecular flexibility index (Phi) is 6.66. The summed E-state index contributed by atoms with van der Waals surface area (Å²) in [6.07, 6.45) is 2.90. The van der Waals surface area contributed by atoms with E-state index in [0.29, 0.717) is 13.1 Å². The second-order valence-corrected chi connectivity index (χ2v) is 7.09. The number of halogens is 3. The van der Waals surface area contributed by atoms with Crippen molar-refractivity contribution in [3.8, 4) is 0 Å². The van der Waals surface area contributed by atoms with Crippen molar-refractivity contribution in [2.24, 2.45) is 4.99 Å². The Morgan fingerprint density at radius 2 is 2.17 bits per heavy atom. The first-order chi connectivity index (χ1) is 14.3. The molecule has 0 saturated carbocycles. The van der Waals surface area contributed by atoms with Gasteiger partial charge in [0, 0.05) is 49.0 Å². The van der Waals surface area contributed by atoms with E-state index in [9.17, 15) is 18.0 Å². The van der Waals surface area contributed by atoms with Crippen LogP contribution in [0.15, 0.2) is 46.8 Å². The second-order valence-electron chi connectivity index (χ2n) is 7.09. The fourth-order valence-electron chi connectivity index (χ4n) is 3.24. The van der Waals surface area contributed by atoms with Gasteiger partial charge in [0.25, 0.3) is 5.56 Å². The number of rotatable bonds is 6. The van der Waals surface area contributed by atoms with Crippen molar-refractivity contribution < 1.29 is 13.2 Å². The minimum atomic E-state index is -4.72. The lowest BCUT2D eigenvalue weighted by Crippen LogP contribution is -2.30. The van der Waals surface area contributed by atoms with E-state index in [2.05, 4.69) is 38.6 Å². The highest BCUT2D eigenvalue weighted by molar-refractivity contribution is 5.84. The van der Waals surface area contributed by atoms with Crippen LogP contribution in [0.4, 0.5) is 13.2 Å². The van der Waals surface area contributed by atoms with Crippen molar-refractivity contribution in [3.05, 3.63) is 75.5 Å². The van der Waals surface area contributed by atoms with Gasteiger partial charge in [0.2, 0.25) is 0 Å². The third-order valence-corrected chi connectivity index (χ3v) is 4.96. The summed E-state index contributed by atoms with van der Waals surface area (Å²) in [7, 11) is 0. The van der Waals surface area contributed by atoms with Crippen LogP contribution in [0, 0.1) is 6.92 Å². The van der Waals surface area contributed by atoms with Crippen molar-refractivity contribution in [3.63, 3.8) is 0 Å². The molecular weight excluding hydrogens is 393 g/mol. The first kappa shape index (κ1) is 21.7. The number of nitrogens with one attached hydrogen (secondary N) is 1. The van der Waals surface area contributed by atoms with E-state index in [4.69, 9.17) is 0 Å². The maximum atomic E-state index is 13.0. The first-order valence-electron chi connectivity index (χ1n) is 9.59. The minimum Gasteiger partial charge on any atom is -0.321 e. The molecule has 8 heteroatoms. The second kappa shape index (κ2) is 9.21. The molecule has 3 rings (SSSR count). The molecule has 0 spiro atoms. The van der Waals surface area contributed by atoms with Gasteiger partial charge in [-0.15, -0.1) is 0 Å². The third kappa shape index (κ3) is 5.33. The average molecular weight is 416 g/mol. The molecule has 0 saturated heterocycles. The monoisotopic (exact) mass is 416 g/mol. The molecule has 0 unspecified atom stereocenters. The molecule has 0 radical (unpaired) electrons. The van der Waals surface area contributed by atoms with Crippen molar-refractivity contribution in [2.45, 2.75) is 19.5 Å². The average Bonchev–Trinajstić information content (AvgIpc) is 2.72. The lowest BCUT2D eigenvalue weighted by molar-refractivity contribution is -0.138. The fourth-order valence-corrected chi connectivity index (χ4v) is 3.24. The molecule has 5 nitrogen and oxygen atoms in total. The SMILES string of the molecule is C=Cc1[nH]c(=O)c(C(F)(F)F)cc1C=NCCN1CC=C(c2ccc(C)nc2)CC1. The Hall–Kier alpha value is -3.00. The van der Waals surface area contributed by atoms with Crippen LogP contribution in [0.5, 0.6) is 0 Å². The van der Waals surface area contributed by atoms with Crippen molar-refractivity contribution in [2.75, 3.05) is 26.2 Å². The zero-order valence-corrected chi connectivity index (χ0v) is 16.7. The molecular formula is C22H23F3N4O. The molecule has 2 aromatic heterocycles. The molecule has 0 aliphatic carbocycles. The number of H-pyrrole nitrogens is 1. The van der Waals surface area contributed by atoms with Gasteiger partial charge in [-0.3, -0.25) is 19.7 Å². The standard InChI is InChI=1S/C22H23F3N4O/c1-3-20-18(12-19(21(30)28-20)22(23,24)25)13-26-8-11-29-9-6-16(7-10-29)17-5-4-15(2)27-14-17/h3-6,12-14H,1,7-11H2,2H3,(H,28,30). The van der Waals surface area contributed by atoms with Gasteiger partial charge in [0.05, 0.1) is 6.54 Å². The number of hydrogen-bond acceptors (Lipinski definition) is 4. The normalized spacial score (nSPS) is 15.4. The van der Waals surface area contributed by atoms with Gasteiger partial charge < -0.3 is 4.98 Å². The predicted octanol–water partition coefficient (Wildman–Crippen LogP) is 3.95. The Bertz CT molecular complexity index is 1020. The number of hydrogen-bond donors (Lipinski definition) is 1. The van der Waals surface area contributed by atoms with Crippen LogP contribution < -0.4 is 5.56 Å². The molecule has 0 bridgehead atoms. The van der Waals surface area contributed by atoms with Gasteiger partial charge in [-0.2, -0.15) is 13.2 Å². The molecule has 158 valence electrons. The summed E-state index contributed by atoms with van der Waals surface area (Å²) in [5, 5.41) is 0. The summed E-state index contributed by atoms with van der Waals surface area (Å²) in [5.74, 6) is 0. The van der Waals surface area contributed by atoms with Gasteiger partial charge >= 0.3 is 6.18 Å². The zero-order valence-electron chi connectivity index (χ0n) is 16.7. The zero-order chi connectivity index (χ0) is 21.7. The van der Waals surface area contributed by atoms with Crippen LogP contribution in [0.25, 0.3) is 11.6 Å². The molecule has 3 heterocycles. The highest BCUT2D eigenvalue weighted by Crippen LogP contribution is 2.27. The van der Waals surface area contributed by atoms with E-state index in [1.54, 1.807) is 0 Å². The maximum absolute atomic E-state index is 13.0. The van der Waals surface area contributed by atoms with E-state index in [1.165, 1.54) is 17.9 Å². The van der Waals surface area contributed by atoms with Crippen LogP contribution in [-0.4, -0.2) is 47.3 Å². The Labute approximate surface area is 172 Å². The minimum absolute atomic E-state index is 0.185. The van der Waals surface area contributed by atoms with Crippen LogP contribution >= 0.6 is 0 Å². The van der Waals surface area contributed by atoms with Crippen molar-refractivity contribution in [1.82, 2.24) is 14.9 Å². The van der Waals surface area contributed by atoms with E-state index >= 15 is 0 Å². The molecule has 0 amide bonds. The Morgan fingerprint density at radius 3 is 2.77 bits per heavy atom. The quantitative estimate of drug-likeness (QED) is 0.726. The van der Waals surface area contributed by atoms with E-state index in [0.717, 1.165) is 36.8 Å². The van der Waals surface area contributed by atoms with E-state index in [1.807, 2.05) is 19.2 Å². The van der Waals surface area contributed by atoms with E-state index < -0.39 is 17.3 Å². The number of aromatic nitrogens is 2. The summed E-state index contributed by atoms with van der Waals surface area (Å²) in [6.45, 7) is 8.27. The van der Waals surface area contributed by atoms with Crippen LogP contribution in [-0.2, 0) is 6.18 Å². The molecule has 0 fully saturated rings. The summed E-state index contributed by atoms with van der Waals surface area (Å²) in [4.78, 5) is 24.6. The van der Waals surface area contributed by atoms with Crippen LogP contribution in [0.3, 0.4) is 0 Å². The van der Waals surface area contributed by atoms with Gasteiger partial charge in [-0.05, 0) is 42.7 Å². The number of alkyl halides is 3. The van der Waals surface area contributed by atoms with Gasteiger partial charge in [0.15, 0.2) is 0 Å². The number of nitrogens with zero attached hydrogens (tertiary/aromatic N) is 3. The number of pyridine rings is 2. The highest BCUT2D eigenvalue weighted by Gasteiger charge is 2.34. The highest BCUT2D eigenvalue weighted by atomic mass is 19.4. The topological polar surface area (TPSA) is 61.4 Å². The molecule has 1 aliphatic heterocycles. The van der Waals surface area contributed by atoms with Gasteiger partial charge in [-0.1, -0.05) is 18.7 Å². The molecule has 1 N–H and O–H groups in total. The number of aromatic amines is 1. The number of aryl methyl sites for hydroxylation is 1. The number of aliphatic imine (C=N–C) groups is 1. The summed E-state index contributed by atoms with van der Waals surface area (Å²) >= 11 is 0. The molecule has 0 atom stereocenters. The van der Waals surface area contributed by atoms with Crippen LogP contribution in [0.1, 0.15) is 34.5 Å². The predicted molar refractivity (Wildman–Crippen MR) is 113 cm³/mol. The third-order valence-electron chi connectivity index (χ3n) is 4.96. The van der Waals surface area contributed by atoms with Gasteiger partial charge in [0.1, 0.15) is 5.56 Å². The van der Waals surface area contributed by atoms with E-state index in [-0.39, 0.29) is 11.3 Å². The smallest absolute Gasteiger partial charge is 0.321 e.